The van der Waals surface area contributed by atoms with Crippen LogP contribution in [0.25, 0.3) is 0 Å². The summed E-state index contributed by atoms with van der Waals surface area (Å²) in [5, 5.41) is 12.3. The van der Waals surface area contributed by atoms with Gasteiger partial charge in [0.2, 0.25) is 0 Å². The van der Waals surface area contributed by atoms with Gasteiger partial charge in [-0.1, -0.05) is 23.7 Å². The van der Waals surface area contributed by atoms with E-state index in [9.17, 15) is 4.79 Å². The SMILES string of the molecule is O=C1NC(CO)C(Cc2ccc(Cl)cc2)O1. The molecule has 0 bridgehead atoms. The van der Waals surface area contributed by atoms with E-state index in [4.69, 9.17) is 21.4 Å². The topological polar surface area (TPSA) is 58.6 Å². The largest absolute Gasteiger partial charge is 0.444 e. The number of carbonyl (C=O) groups excluding carboxylic acids is 1. The van der Waals surface area contributed by atoms with E-state index in [1.807, 2.05) is 12.1 Å². The number of halogens is 1. The zero-order valence-corrected chi connectivity index (χ0v) is 9.28. The molecule has 1 aromatic rings. The Morgan fingerprint density at radius 1 is 1.38 bits per heavy atom. The summed E-state index contributed by atoms with van der Waals surface area (Å²) >= 11 is 5.77. The van der Waals surface area contributed by atoms with Crippen LogP contribution in [0.15, 0.2) is 24.3 Å². The van der Waals surface area contributed by atoms with E-state index in [0.717, 1.165) is 5.56 Å². The predicted molar refractivity (Wildman–Crippen MR) is 59.4 cm³/mol. The summed E-state index contributed by atoms with van der Waals surface area (Å²) in [5.41, 5.74) is 1.02. The van der Waals surface area contributed by atoms with Crippen LogP contribution in [0.1, 0.15) is 5.56 Å². The maximum atomic E-state index is 11.0. The Balaban J connectivity index is 2.03. The Labute approximate surface area is 98.2 Å². The van der Waals surface area contributed by atoms with Crippen molar-refractivity contribution < 1.29 is 14.6 Å². The van der Waals surface area contributed by atoms with Crippen molar-refractivity contribution in [3.63, 3.8) is 0 Å². The molecule has 2 unspecified atom stereocenters. The first-order chi connectivity index (χ1) is 7.69. The molecule has 0 aliphatic carbocycles. The second-order valence-electron chi connectivity index (χ2n) is 3.71. The number of carbonyl (C=O) groups is 1. The van der Waals surface area contributed by atoms with Crippen LogP contribution in [0.5, 0.6) is 0 Å². The van der Waals surface area contributed by atoms with Gasteiger partial charge in [0.1, 0.15) is 6.10 Å². The highest BCUT2D eigenvalue weighted by Crippen LogP contribution is 2.16. The fourth-order valence-electron chi connectivity index (χ4n) is 1.70. The zero-order valence-electron chi connectivity index (χ0n) is 8.52. The van der Waals surface area contributed by atoms with Gasteiger partial charge in [-0.2, -0.15) is 0 Å². The van der Waals surface area contributed by atoms with Gasteiger partial charge < -0.3 is 15.2 Å². The molecule has 1 aliphatic heterocycles. The Kier molecular flexibility index (Phi) is 3.31. The van der Waals surface area contributed by atoms with Gasteiger partial charge in [0.25, 0.3) is 0 Å². The van der Waals surface area contributed by atoms with Gasteiger partial charge in [-0.15, -0.1) is 0 Å². The second-order valence-corrected chi connectivity index (χ2v) is 4.14. The molecule has 0 radical (unpaired) electrons. The van der Waals surface area contributed by atoms with Gasteiger partial charge in [0.15, 0.2) is 0 Å². The molecule has 5 heteroatoms. The third-order valence-electron chi connectivity index (χ3n) is 2.56. The predicted octanol–water partition coefficient (Wildman–Crippen LogP) is 1.35. The number of cyclic esters (lactones) is 1. The van der Waals surface area contributed by atoms with E-state index in [1.165, 1.54) is 0 Å². The van der Waals surface area contributed by atoms with Crippen molar-refractivity contribution in [3.8, 4) is 0 Å². The van der Waals surface area contributed by atoms with E-state index in [1.54, 1.807) is 12.1 Å². The van der Waals surface area contributed by atoms with Crippen LogP contribution in [-0.4, -0.2) is 30.0 Å². The van der Waals surface area contributed by atoms with E-state index >= 15 is 0 Å². The summed E-state index contributed by atoms with van der Waals surface area (Å²) in [6, 6.07) is 7.00. The molecule has 0 saturated carbocycles. The molecule has 0 aromatic heterocycles. The van der Waals surface area contributed by atoms with Crippen molar-refractivity contribution in [3.05, 3.63) is 34.9 Å². The van der Waals surface area contributed by atoms with E-state index < -0.39 is 6.09 Å². The van der Waals surface area contributed by atoms with Crippen molar-refractivity contribution in [2.45, 2.75) is 18.6 Å². The van der Waals surface area contributed by atoms with Gasteiger partial charge in [-0.3, -0.25) is 0 Å². The van der Waals surface area contributed by atoms with Crippen LogP contribution in [0.4, 0.5) is 4.79 Å². The maximum Gasteiger partial charge on any atom is 0.407 e. The highest BCUT2D eigenvalue weighted by molar-refractivity contribution is 6.30. The third-order valence-corrected chi connectivity index (χ3v) is 2.81. The molecule has 4 nitrogen and oxygen atoms in total. The minimum Gasteiger partial charge on any atom is -0.444 e. The first kappa shape index (κ1) is 11.2. The molecule has 1 fully saturated rings. The first-order valence-electron chi connectivity index (χ1n) is 5.01. The van der Waals surface area contributed by atoms with Crippen molar-refractivity contribution in [1.29, 1.82) is 0 Å². The van der Waals surface area contributed by atoms with Crippen molar-refractivity contribution in [1.82, 2.24) is 5.32 Å². The van der Waals surface area contributed by atoms with Crippen LogP contribution in [0, 0.1) is 0 Å². The molecule has 1 saturated heterocycles. The number of benzene rings is 1. The highest BCUT2D eigenvalue weighted by Gasteiger charge is 2.33. The number of ether oxygens (including phenoxy) is 1. The number of amides is 1. The lowest BCUT2D eigenvalue weighted by Gasteiger charge is -2.14. The summed E-state index contributed by atoms with van der Waals surface area (Å²) in [6.07, 6.45) is -0.224. The Morgan fingerprint density at radius 3 is 2.69 bits per heavy atom. The standard InChI is InChI=1S/C11H12ClNO3/c12-8-3-1-7(2-4-8)5-10-9(6-14)13-11(15)16-10/h1-4,9-10,14H,5-6H2,(H,13,15). The van der Waals surface area contributed by atoms with Crippen molar-refractivity contribution in [2.75, 3.05) is 6.61 Å². The zero-order chi connectivity index (χ0) is 11.5. The fourth-order valence-corrected chi connectivity index (χ4v) is 1.82. The maximum absolute atomic E-state index is 11.0. The number of rotatable bonds is 3. The molecule has 16 heavy (non-hydrogen) atoms. The van der Waals surface area contributed by atoms with Gasteiger partial charge in [0.05, 0.1) is 12.6 Å². The molecule has 1 heterocycles. The molecule has 1 aliphatic rings. The van der Waals surface area contributed by atoms with Crippen LogP contribution in [-0.2, 0) is 11.2 Å². The van der Waals surface area contributed by atoms with Gasteiger partial charge in [0, 0.05) is 11.4 Å². The summed E-state index contributed by atoms with van der Waals surface area (Å²) < 4.78 is 5.06. The average molecular weight is 242 g/mol. The molecule has 86 valence electrons. The summed E-state index contributed by atoms with van der Waals surface area (Å²) in [4.78, 5) is 11.0. The summed E-state index contributed by atoms with van der Waals surface area (Å²) in [7, 11) is 0. The number of aliphatic hydroxyl groups excluding tert-OH is 1. The van der Waals surface area contributed by atoms with Gasteiger partial charge in [-0.25, -0.2) is 4.79 Å². The normalized spacial score (nSPS) is 24.0. The van der Waals surface area contributed by atoms with Crippen LogP contribution in [0.2, 0.25) is 5.02 Å². The van der Waals surface area contributed by atoms with Gasteiger partial charge >= 0.3 is 6.09 Å². The Morgan fingerprint density at radius 2 is 2.06 bits per heavy atom. The molecular weight excluding hydrogens is 230 g/mol. The lowest BCUT2D eigenvalue weighted by atomic mass is 10.0. The molecule has 2 rings (SSSR count). The fraction of sp³-hybridized carbons (Fsp3) is 0.364. The molecule has 2 atom stereocenters. The Bertz CT molecular complexity index is 379. The summed E-state index contributed by atoms with van der Waals surface area (Å²) in [6.45, 7) is -0.121. The number of nitrogens with one attached hydrogen (secondary N) is 1. The van der Waals surface area contributed by atoms with Crippen LogP contribution >= 0.6 is 11.6 Å². The molecule has 0 spiro atoms. The molecule has 1 amide bonds. The van der Waals surface area contributed by atoms with E-state index in [2.05, 4.69) is 5.32 Å². The average Bonchev–Trinajstić information content (AvgIpc) is 2.62. The van der Waals surface area contributed by atoms with Crippen LogP contribution < -0.4 is 5.32 Å². The van der Waals surface area contributed by atoms with Crippen LogP contribution in [0.3, 0.4) is 0 Å². The number of hydrogen-bond acceptors (Lipinski definition) is 3. The third kappa shape index (κ3) is 2.46. The minimum atomic E-state index is -0.474. The van der Waals surface area contributed by atoms with E-state index in [-0.39, 0.29) is 18.8 Å². The quantitative estimate of drug-likeness (QED) is 0.840. The molecule has 1 aromatic carbocycles. The highest BCUT2D eigenvalue weighted by atomic mass is 35.5. The summed E-state index contributed by atoms with van der Waals surface area (Å²) in [5.74, 6) is 0. The van der Waals surface area contributed by atoms with Crippen molar-refractivity contribution in [2.24, 2.45) is 0 Å². The number of hydrogen-bond donors (Lipinski definition) is 2. The monoisotopic (exact) mass is 241 g/mol. The number of aliphatic hydroxyl groups is 1. The molecular formula is C11H12ClNO3. The van der Waals surface area contributed by atoms with Crippen molar-refractivity contribution >= 4 is 17.7 Å². The lowest BCUT2D eigenvalue weighted by Crippen LogP contribution is -2.36. The number of alkyl carbamates (subject to hydrolysis) is 1. The Hall–Kier alpha value is -1.26. The molecule has 2 N–H and O–H groups in total. The second kappa shape index (κ2) is 4.72. The smallest absolute Gasteiger partial charge is 0.407 e. The first-order valence-corrected chi connectivity index (χ1v) is 5.39. The van der Waals surface area contributed by atoms with E-state index in [0.29, 0.717) is 11.4 Å². The van der Waals surface area contributed by atoms with Gasteiger partial charge in [-0.05, 0) is 17.7 Å². The minimum absolute atomic E-state index is 0.121. The lowest BCUT2D eigenvalue weighted by molar-refractivity contribution is 0.119.